The van der Waals surface area contributed by atoms with E-state index in [9.17, 15) is 4.57 Å². The normalized spacial score (nSPS) is 11.9. The molecule has 19 heavy (non-hydrogen) atoms. The lowest BCUT2D eigenvalue weighted by molar-refractivity contribution is 0.219. The molecule has 0 saturated carbocycles. The van der Waals surface area contributed by atoms with Crippen LogP contribution in [0.4, 0.5) is 0 Å². The second-order valence-electron chi connectivity index (χ2n) is 4.12. The van der Waals surface area contributed by atoms with E-state index in [0.29, 0.717) is 13.2 Å². The van der Waals surface area contributed by atoms with Gasteiger partial charge in [-0.05, 0) is 30.9 Å². The van der Waals surface area contributed by atoms with Gasteiger partial charge < -0.3 is 9.05 Å². The highest BCUT2D eigenvalue weighted by molar-refractivity contribution is 7.53. The Morgan fingerprint density at radius 2 is 1.89 bits per heavy atom. The predicted octanol–water partition coefficient (Wildman–Crippen LogP) is 4.00. The number of nitrogens with zero attached hydrogens (tertiary/aromatic N) is 1. The first kappa shape index (κ1) is 14.2. The fourth-order valence-electron chi connectivity index (χ4n) is 2.06. The van der Waals surface area contributed by atoms with Gasteiger partial charge in [0.2, 0.25) is 0 Å². The molecule has 0 aliphatic rings. The average molecular weight is 279 g/mol. The van der Waals surface area contributed by atoms with Crippen LogP contribution in [-0.2, 0) is 19.8 Å². The maximum absolute atomic E-state index is 12.6. The first-order valence-electron chi connectivity index (χ1n) is 6.38. The van der Waals surface area contributed by atoms with Gasteiger partial charge in [0.1, 0.15) is 0 Å². The number of pyridine rings is 1. The molecule has 0 saturated heterocycles. The van der Waals surface area contributed by atoms with Gasteiger partial charge in [0.15, 0.2) is 0 Å². The highest BCUT2D eigenvalue weighted by atomic mass is 31.2. The van der Waals surface area contributed by atoms with Crippen molar-refractivity contribution in [3.63, 3.8) is 0 Å². The minimum atomic E-state index is -3.07. The number of hydrogen-bond acceptors (Lipinski definition) is 4. The van der Waals surface area contributed by atoms with Crippen molar-refractivity contribution in [2.75, 3.05) is 13.2 Å². The monoisotopic (exact) mass is 279 g/mol. The fraction of sp³-hybridized carbons (Fsp3) is 0.357. The number of benzene rings is 1. The lowest BCUT2D eigenvalue weighted by Crippen LogP contribution is -1.99. The summed E-state index contributed by atoms with van der Waals surface area (Å²) in [7, 11) is -3.07. The largest absolute Gasteiger partial charge is 0.335 e. The molecular formula is C14H18NO3P. The SMILES string of the molecule is CCOP(=O)(Cc1cccc2cnccc12)OCC. The van der Waals surface area contributed by atoms with Crippen molar-refractivity contribution in [3.05, 3.63) is 42.2 Å². The third-order valence-corrected chi connectivity index (χ3v) is 4.82. The number of aromatic nitrogens is 1. The predicted molar refractivity (Wildman–Crippen MR) is 76.3 cm³/mol. The van der Waals surface area contributed by atoms with E-state index in [1.54, 1.807) is 12.4 Å². The van der Waals surface area contributed by atoms with Gasteiger partial charge in [-0.3, -0.25) is 9.55 Å². The Hall–Kier alpha value is -1.22. The molecule has 4 nitrogen and oxygen atoms in total. The molecule has 0 spiro atoms. The van der Waals surface area contributed by atoms with Crippen LogP contribution in [0, 0.1) is 0 Å². The highest BCUT2D eigenvalue weighted by Crippen LogP contribution is 2.51. The van der Waals surface area contributed by atoms with Crippen molar-refractivity contribution in [2.45, 2.75) is 20.0 Å². The van der Waals surface area contributed by atoms with Gasteiger partial charge in [0, 0.05) is 17.8 Å². The number of rotatable bonds is 6. The molecule has 0 fully saturated rings. The summed E-state index contributed by atoms with van der Waals surface area (Å²) in [5, 5.41) is 2.07. The molecule has 0 radical (unpaired) electrons. The van der Waals surface area contributed by atoms with Gasteiger partial charge in [-0.25, -0.2) is 0 Å². The molecule has 1 aromatic carbocycles. The van der Waals surface area contributed by atoms with E-state index in [1.165, 1.54) is 0 Å². The van der Waals surface area contributed by atoms with Crippen LogP contribution in [0.2, 0.25) is 0 Å². The van der Waals surface area contributed by atoms with E-state index < -0.39 is 7.60 Å². The molecule has 5 heteroatoms. The summed E-state index contributed by atoms with van der Waals surface area (Å²) >= 11 is 0. The summed E-state index contributed by atoms with van der Waals surface area (Å²) in [5.41, 5.74) is 0.963. The zero-order valence-corrected chi connectivity index (χ0v) is 12.1. The van der Waals surface area contributed by atoms with Crippen molar-refractivity contribution >= 4 is 18.4 Å². The van der Waals surface area contributed by atoms with E-state index in [-0.39, 0.29) is 6.16 Å². The topological polar surface area (TPSA) is 48.4 Å². The Morgan fingerprint density at radius 1 is 1.16 bits per heavy atom. The molecule has 0 aliphatic heterocycles. The molecule has 0 aliphatic carbocycles. The molecule has 2 rings (SSSR count). The Labute approximate surface area is 113 Å². The average Bonchev–Trinajstić information content (AvgIpc) is 2.39. The van der Waals surface area contributed by atoms with Crippen LogP contribution < -0.4 is 0 Å². The van der Waals surface area contributed by atoms with Crippen molar-refractivity contribution in [1.29, 1.82) is 0 Å². The van der Waals surface area contributed by atoms with Gasteiger partial charge in [0.25, 0.3) is 0 Å². The van der Waals surface area contributed by atoms with E-state index in [2.05, 4.69) is 4.98 Å². The molecule has 0 unspecified atom stereocenters. The zero-order chi connectivity index (χ0) is 13.7. The Balaban J connectivity index is 2.36. The summed E-state index contributed by atoms with van der Waals surface area (Å²) in [6.45, 7) is 4.39. The van der Waals surface area contributed by atoms with Crippen LogP contribution in [-0.4, -0.2) is 18.2 Å². The Bertz CT molecular complexity index is 585. The van der Waals surface area contributed by atoms with E-state index in [1.807, 2.05) is 38.1 Å². The van der Waals surface area contributed by atoms with E-state index >= 15 is 0 Å². The third kappa shape index (κ3) is 3.41. The molecule has 1 aromatic heterocycles. The first-order chi connectivity index (χ1) is 9.18. The van der Waals surface area contributed by atoms with Crippen molar-refractivity contribution in [1.82, 2.24) is 4.98 Å². The lowest BCUT2D eigenvalue weighted by Gasteiger charge is -2.17. The van der Waals surface area contributed by atoms with Crippen LogP contribution in [0.1, 0.15) is 19.4 Å². The lowest BCUT2D eigenvalue weighted by atomic mass is 10.1. The first-order valence-corrected chi connectivity index (χ1v) is 8.11. The van der Waals surface area contributed by atoms with Gasteiger partial charge in [-0.15, -0.1) is 0 Å². The van der Waals surface area contributed by atoms with Gasteiger partial charge in [-0.2, -0.15) is 0 Å². The number of fused-ring (bicyclic) bond motifs is 1. The van der Waals surface area contributed by atoms with Crippen LogP contribution in [0.5, 0.6) is 0 Å². The molecule has 0 amide bonds. The highest BCUT2D eigenvalue weighted by Gasteiger charge is 2.24. The number of hydrogen-bond donors (Lipinski definition) is 0. The van der Waals surface area contributed by atoms with Crippen LogP contribution in [0.15, 0.2) is 36.7 Å². The maximum atomic E-state index is 12.6. The Morgan fingerprint density at radius 3 is 2.58 bits per heavy atom. The van der Waals surface area contributed by atoms with Crippen LogP contribution in [0.3, 0.4) is 0 Å². The van der Waals surface area contributed by atoms with E-state index in [4.69, 9.17) is 9.05 Å². The van der Waals surface area contributed by atoms with Crippen molar-refractivity contribution < 1.29 is 13.6 Å². The minimum Gasteiger partial charge on any atom is -0.309 e. The summed E-state index contributed by atoms with van der Waals surface area (Å²) in [4.78, 5) is 4.09. The van der Waals surface area contributed by atoms with E-state index in [0.717, 1.165) is 16.3 Å². The summed E-state index contributed by atoms with van der Waals surface area (Å²) in [6.07, 6.45) is 3.82. The maximum Gasteiger partial charge on any atom is 0.335 e. The smallest absolute Gasteiger partial charge is 0.309 e. The minimum absolute atomic E-state index is 0.288. The third-order valence-electron chi connectivity index (χ3n) is 2.79. The molecule has 0 bridgehead atoms. The fourth-order valence-corrected chi connectivity index (χ4v) is 3.79. The summed E-state index contributed by atoms with van der Waals surface area (Å²) in [5.74, 6) is 0. The second-order valence-corrected chi connectivity index (χ2v) is 6.17. The summed E-state index contributed by atoms with van der Waals surface area (Å²) < 4.78 is 23.2. The molecule has 2 aromatic rings. The van der Waals surface area contributed by atoms with Crippen molar-refractivity contribution in [2.24, 2.45) is 0 Å². The quantitative estimate of drug-likeness (QED) is 0.750. The standard InChI is InChI=1S/C14H18NO3P/c1-3-17-19(16,18-4-2)11-13-7-5-6-12-10-15-9-8-14(12)13/h5-10H,3-4,11H2,1-2H3. The van der Waals surface area contributed by atoms with Gasteiger partial charge in [-0.1, -0.05) is 18.2 Å². The molecule has 1 heterocycles. The van der Waals surface area contributed by atoms with Gasteiger partial charge >= 0.3 is 7.60 Å². The van der Waals surface area contributed by atoms with Crippen LogP contribution in [0.25, 0.3) is 10.8 Å². The zero-order valence-electron chi connectivity index (χ0n) is 11.2. The van der Waals surface area contributed by atoms with Crippen molar-refractivity contribution in [3.8, 4) is 0 Å². The Kier molecular flexibility index (Phi) is 4.70. The van der Waals surface area contributed by atoms with Crippen LogP contribution >= 0.6 is 7.60 Å². The molecule has 102 valence electrons. The van der Waals surface area contributed by atoms with Gasteiger partial charge in [0.05, 0.1) is 19.4 Å². The summed E-state index contributed by atoms with van der Waals surface area (Å²) in [6, 6.07) is 7.79. The molecular weight excluding hydrogens is 261 g/mol. The second kappa shape index (κ2) is 6.29. The molecule has 0 atom stereocenters. The molecule has 0 N–H and O–H groups in total.